The minimum atomic E-state index is -3.89. The summed E-state index contributed by atoms with van der Waals surface area (Å²) in [6, 6.07) is 26.8. The quantitative estimate of drug-likeness (QED) is 0.240. The van der Waals surface area contributed by atoms with Gasteiger partial charge < -0.3 is 4.74 Å². The second kappa shape index (κ2) is 10.5. The molecule has 7 nitrogen and oxygen atoms in total. The molecule has 0 saturated carbocycles. The largest absolute Gasteiger partial charge is 0.489 e. The fraction of sp³-hybridized carbons (Fsp3) is 0.188. The first-order chi connectivity index (χ1) is 19.6. The molecule has 0 fully saturated rings. The van der Waals surface area contributed by atoms with E-state index in [-0.39, 0.29) is 22.9 Å². The van der Waals surface area contributed by atoms with Gasteiger partial charge in [0.1, 0.15) is 12.4 Å². The fourth-order valence-electron chi connectivity index (χ4n) is 5.24. The van der Waals surface area contributed by atoms with Crippen LogP contribution in [0.25, 0.3) is 10.9 Å². The number of nitrogens with zero attached hydrogens (tertiary/aromatic N) is 2. The van der Waals surface area contributed by atoms with Gasteiger partial charge in [-0.25, -0.2) is 20.8 Å². The lowest BCUT2D eigenvalue weighted by Crippen LogP contribution is -2.31. The molecule has 2 heterocycles. The van der Waals surface area contributed by atoms with Gasteiger partial charge in [0.15, 0.2) is 0 Å². The molecule has 0 bridgehead atoms. The van der Waals surface area contributed by atoms with Gasteiger partial charge in [-0.05, 0) is 67.8 Å². The molecular weight excluding hydrogens is 556 g/mol. The normalized spacial score (nSPS) is 14.2. The molecule has 0 saturated heterocycles. The standard InChI is InChI=1S/C32H30N2O5S2/c1-23-8-12-27(13-9-23)40(35,36)33-19-18-26-20-34(41(37,38)28-14-10-24(2)11-15-28)30-16-17-31(29(21-33)32(26)30)39-22-25-6-4-3-5-7-25/h3-17,20H,18-19,21-22H2,1-2H3. The Morgan fingerprint density at radius 2 is 1.34 bits per heavy atom. The van der Waals surface area contributed by atoms with Gasteiger partial charge in [0.05, 0.1) is 15.3 Å². The molecule has 41 heavy (non-hydrogen) atoms. The van der Waals surface area contributed by atoms with Crippen molar-refractivity contribution >= 4 is 30.9 Å². The van der Waals surface area contributed by atoms with E-state index in [1.54, 1.807) is 66.9 Å². The molecule has 1 aromatic heterocycles. The van der Waals surface area contributed by atoms with Crippen molar-refractivity contribution in [2.75, 3.05) is 6.54 Å². The van der Waals surface area contributed by atoms with Crippen molar-refractivity contribution < 1.29 is 21.6 Å². The Morgan fingerprint density at radius 3 is 1.98 bits per heavy atom. The molecule has 4 aromatic carbocycles. The Balaban J connectivity index is 1.48. The number of sulfonamides is 1. The van der Waals surface area contributed by atoms with E-state index < -0.39 is 20.0 Å². The van der Waals surface area contributed by atoms with E-state index in [1.165, 1.54) is 8.28 Å². The monoisotopic (exact) mass is 586 g/mol. The number of aromatic nitrogens is 1. The van der Waals surface area contributed by atoms with E-state index in [1.807, 2.05) is 44.2 Å². The van der Waals surface area contributed by atoms with Crippen LogP contribution in [-0.4, -0.2) is 31.7 Å². The van der Waals surface area contributed by atoms with Crippen molar-refractivity contribution in [1.82, 2.24) is 8.28 Å². The van der Waals surface area contributed by atoms with E-state index in [4.69, 9.17) is 4.74 Å². The lowest BCUT2D eigenvalue weighted by atomic mass is 10.0. The molecule has 1 aliphatic rings. The zero-order valence-electron chi connectivity index (χ0n) is 22.8. The topological polar surface area (TPSA) is 85.7 Å². The Hall–Kier alpha value is -3.92. The van der Waals surface area contributed by atoms with Gasteiger partial charge in [-0.3, -0.25) is 0 Å². The average Bonchev–Trinajstić information content (AvgIpc) is 3.23. The highest BCUT2D eigenvalue weighted by Gasteiger charge is 2.32. The summed E-state index contributed by atoms with van der Waals surface area (Å²) >= 11 is 0. The van der Waals surface area contributed by atoms with Crippen LogP contribution in [0.5, 0.6) is 5.75 Å². The van der Waals surface area contributed by atoms with Gasteiger partial charge in [0.2, 0.25) is 10.0 Å². The summed E-state index contributed by atoms with van der Waals surface area (Å²) in [6.07, 6.45) is 1.99. The number of rotatable bonds is 7. The number of aryl methyl sites for hydroxylation is 2. The van der Waals surface area contributed by atoms with E-state index >= 15 is 0 Å². The molecule has 0 N–H and O–H groups in total. The summed E-state index contributed by atoms with van der Waals surface area (Å²) in [5.41, 5.74) is 4.82. The lowest BCUT2D eigenvalue weighted by Gasteiger charge is -2.22. The number of hydrogen-bond donors (Lipinski definition) is 0. The van der Waals surface area contributed by atoms with Gasteiger partial charge >= 0.3 is 0 Å². The predicted octanol–water partition coefficient (Wildman–Crippen LogP) is 5.82. The molecule has 9 heteroatoms. The molecule has 0 aliphatic carbocycles. The lowest BCUT2D eigenvalue weighted by molar-refractivity contribution is 0.299. The summed E-state index contributed by atoms with van der Waals surface area (Å²) in [7, 11) is -7.70. The van der Waals surface area contributed by atoms with Crippen LogP contribution >= 0.6 is 0 Å². The molecular formula is C32H30N2O5S2. The van der Waals surface area contributed by atoms with E-state index in [0.29, 0.717) is 35.2 Å². The van der Waals surface area contributed by atoms with E-state index in [2.05, 4.69) is 0 Å². The minimum absolute atomic E-state index is 0.0548. The number of hydrogen-bond acceptors (Lipinski definition) is 5. The van der Waals surface area contributed by atoms with Crippen LogP contribution in [0.2, 0.25) is 0 Å². The fourth-order valence-corrected chi connectivity index (χ4v) is 8.03. The first-order valence-electron chi connectivity index (χ1n) is 13.4. The second-order valence-corrected chi connectivity index (χ2v) is 14.1. The van der Waals surface area contributed by atoms with Crippen molar-refractivity contribution in [3.8, 4) is 5.75 Å². The van der Waals surface area contributed by atoms with Crippen LogP contribution in [0.1, 0.15) is 27.8 Å². The molecule has 0 unspecified atom stereocenters. The third-order valence-electron chi connectivity index (χ3n) is 7.52. The molecule has 1 aliphatic heterocycles. The van der Waals surface area contributed by atoms with Gasteiger partial charge in [-0.2, -0.15) is 4.31 Å². The van der Waals surface area contributed by atoms with Crippen LogP contribution in [0.15, 0.2) is 107 Å². The smallest absolute Gasteiger partial charge is 0.268 e. The van der Waals surface area contributed by atoms with Crippen LogP contribution in [0, 0.1) is 13.8 Å². The zero-order valence-corrected chi connectivity index (χ0v) is 24.5. The van der Waals surface area contributed by atoms with Crippen molar-refractivity contribution in [2.45, 2.75) is 43.2 Å². The molecule has 0 spiro atoms. The highest BCUT2D eigenvalue weighted by atomic mass is 32.2. The molecule has 0 radical (unpaired) electrons. The van der Waals surface area contributed by atoms with Crippen molar-refractivity contribution in [3.63, 3.8) is 0 Å². The molecule has 210 valence electrons. The summed E-state index contributed by atoms with van der Waals surface area (Å²) in [4.78, 5) is 0.416. The first kappa shape index (κ1) is 27.3. The zero-order chi connectivity index (χ0) is 28.8. The van der Waals surface area contributed by atoms with Crippen LogP contribution < -0.4 is 4.74 Å². The highest BCUT2D eigenvalue weighted by Crippen LogP contribution is 2.38. The number of benzene rings is 4. The van der Waals surface area contributed by atoms with Gasteiger partial charge in [-0.1, -0.05) is 65.7 Å². The summed E-state index contributed by atoms with van der Waals surface area (Å²) < 4.78 is 64.1. The highest BCUT2D eigenvalue weighted by molar-refractivity contribution is 7.90. The Bertz CT molecular complexity index is 1950. The Morgan fingerprint density at radius 1 is 0.732 bits per heavy atom. The van der Waals surface area contributed by atoms with Gasteiger partial charge in [-0.15, -0.1) is 0 Å². The Labute approximate surface area is 240 Å². The van der Waals surface area contributed by atoms with Crippen molar-refractivity contribution in [1.29, 1.82) is 0 Å². The van der Waals surface area contributed by atoms with E-state index in [0.717, 1.165) is 22.3 Å². The van der Waals surface area contributed by atoms with Crippen LogP contribution in [-0.2, 0) is 39.6 Å². The Kier molecular flexibility index (Phi) is 6.97. The average molecular weight is 587 g/mol. The summed E-state index contributed by atoms with van der Waals surface area (Å²) in [6.45, 7) is 4.37. The third kappa shape index (κ3) is 5.05. The first-order valence-corrected chi connectivity index (χ1v) is 16.2. The minimum Gasteiger partial charge on any atom is -0.489 e. The van der Waals surface area contributed by atoms with Crippen molar-refractivity contribution in [3.05, 3.63) is 125 Å². The maximum Gasteiger partial charge on any atom is 0.268 e. The molecule has 0 atom stereocenters. The van der Waals surface area contributed by atoms with E-state index in [9.17, 15) is 16.8 Å². The maximum atomic E-state index is 13.8. The predicted molar refractivity (Wildman–Crippen MR) is 159 cm³/mol. The van der Waals surface area contributed by atoms with Crippen LogP contribution in [0.4, 0.5) is 0 Å². The van der Waals surface area contributed by atoms with Crippen molar-refractivity contribution in [2.24, 2.45) is 0 Å². The van der Waals surface area contributed by atoms with Crippen LogP contribution in [0.3, 0.4) is 0 Å². The summed E-state index contributed by atoms with van der Waals surface area (Å²) in [5, 5.41) is 0.716. The van der Waals surface area contributed by atoms with Gasteiger partial charge in [0.25, 0.3) is 10.0 Å². The number of ether oxygens (including phenoxy) is 1. The third-order valence-corrected chi connectivity index (χ3v) is 11.1. The van der Waals surface area contributed by atoms with Gasteiger partial charge in [0, 0.05) is 30.2 Å². The summed E-state index contributed by atoms with van der Waals surface area (Å²) in [5.74, 6) is 0.527. The molecule has 5 aromatic rings. The SMILES string of the molecule is Cc1ccc(S(=O)(=O)N2CCc3cn(S(=O)(=O)c4ccc(C)cc4)c4ccc(OCc5ccccc5)c(c34)C2)cc1. The molecule has 6 rings (SSSR count). The second-order valence-electron chi connectivity index (χ2n) is 10.4. The maximum absolute atomic E-state index is 13.8. The molecule has 0 amide bonds.